The maximum Gasteiger partial charge on any atom is 0.293 e. The molecule has 16 heavy (non-hydrogen) atoms. The summed E-state index contributed by atoms with van der Waals surface area (Å²) in [6.07, 6.45) is 0. The van der Waals surface area contributed by atoms with Crippen molar-refractivity contribution in [1.82, 2.24) is 4.90 Å². The molecular weight excluding hydrogens is 206 g/mol. The Hall–Kier alpha value is -0.610. The minimum absolute atomic E-state index is 0.318. The van der Waals surface area contributed by atoms with Crippen molar-refractivity contribution < 1.29 is 14.3 Å². The molecule has 0 N–H and O–H groups in total. The SMILES string of the molecule is CC.CC(C)(C)OC=O.CN1CCOCC1. The molecule has 4 nitrogen and oxygen atoms in total. The second-order valence-electron chi connectivity index (χ2n) is 4.24. The van der Waals surface area contributed by atoms with Crippen LogP contribution in [0.25, 0.3) is 0 Å². The van der Waals surface area contributed by atoms with Gasteiger partial charge in [0.15, 0.2) is 0 Å². The van der Waals surface area contributed by atoms with Gasteiger partial charge in [-0.2, -0.15) is 0 Å². The largest absolute Gasteiger partial charge is 0.462 e. The number of ether oxygens (including phenoxy) is 2. The highest BCUT2D eigenvalue weighted by Gasteiger charge is 2.07. The van der Waals surface area contributed by atoms with Crippen molar-refractivity contribution in [3.8, 4) is 0 Å². The van der Waals surface area contributed by atoms with Crippen LogP contribution in [0.4, 0.5) is 0 Å². The number of carbonyl (C=O) groups excluding carboxylic acids is 1. The summed E-state index contributed by atoms with van der Waals surface area (Å²) in [7, 11) is 2.11. The highest BCUT2D eigenvalue weighted by molar-refractivity contribution is 5.37. The first-order valence-corrected chi connectivity index (χ1v) is 5.83. The van der Waals surface area contributed by atoms with E-state index in [1.54, 1.807) is 0 Å². The van der Waals surface area contributed by atoms with E-state index in [-0.39, 0.29) is 5.60 Å². The van der Waals surface area contributed by atoms with Crippen LogP contribution in [0, 0.1) is 0 Å². The van der Waals surface area contributed by atoms with Crippen LogP contribution in [-0.2, 0) is 14.3 Å². The van der Waals surface area contributed by atoms with Gasteiger partial charge in [-0.15, -0.1) is 0 Å². The number of rotatable bonds is 1. The smallest absolute Gasteiger partial charge is 0.293 e. The van der Waals surface area contributed by atoms with Crippen molar-refractivity contribution in [1.29, 1.82) is 0 Å². The van der Waals surface area contributed by atoms with Gasteiger partial charge in [-0.05, 0) is 27.8 Å². The molecular formula is C12H27NO3. The number of morpholine rings is 1. The number of hydrogen-bond acceptors (Lipinski definition) is 4. The molecule has 98 valence electrons. The molecule has 1 rings (SSSR count). The predicted molar refractivity (Wildman–Crippen MR) is 66.6 cm³/mol. The fourth-order valence-corrected chi connectivity index (χ4v) is 0.799. The number of hydrogen-bond donors (Lipinski definition) is 0. The summed E-state index contributed by atoms with van der Waals surface area (Å²) < 4.78 is 9.65. The molecule has 0 bridgehead atoms. The van der Waals surface area contributed by atoms with Crippen LogP contribution in [0.5, 0.6) is 0 Å². The third kappa shape index (κ3) is 15.8. The molecule has 1 saturated heterocycles. The molecule has 0 radical (unpaired) electrons. The maximum absolute atomic E-state index is 9.60. The fraction of sp³-hybridized carbons (Fsp3) is 0.917. The molecule has 0 spiro atoms. The minimum Gasteiger partial charge on any atom is -0.462 e. The van der Waals surface area contributed by atoms with Gasteiger partial charge < -0.3 is 14.4 Å². The molecule has 0 aromatic rings. The van der Waals surface area contributed by atoms with Crippen LogP contribution in [0.15, 0.2) is 0 Å². The molecule has 1 aliphatic rings. The van der Waals surface area contributed by atoms with Crippen molar-refractivity contribution in [3.05, 3.63) is 0 Å². The lowest BCUT2D eigenvalue weighted by Gasteiger charge is -2.21. The third-order valence-electron chi connectivity index (χ3n) is 1.64. The van der Waals surface area contributed by atoms with Crippen molar-refractivity contribution >= 4 is 6.47 Å². The Morgan fingerprint density at radius 2 is 1.62 bits per heavy atom. The number of nitrogens with zero attached hydrogens (tertiary/aromatic N) is 1. The first-order valence-electron chi connectivity index (χ1n) is 5.83. The van der Waals surface area contributed by atoms with Gasteiger partial charge in [0.2, 0.25) is 0 Å². The first-order chi connectivity index (χ1) is 7.45. The average molecular weight is 233 g/mol. The summed E-state index contributed by atoms with van der Waals surface area (Å²) in [4.78, 5) is 11.9. The Kier molecular flexibility index (Phi) is 12.1. The molecule has 0 aromatic carbocycles. The molecule has 1 aliphatic heterocycles. The van der Waals surface area contributed by atoms with Crippen molar-refractivity contribution in [2.75, 3.05) is 33.4 Å². The summed E-state index contributed by atoms with van der Waals surface area (Å²) in [5, 5.41) is 0. The zero-order chi connectivity index (χ0) is 13.0. The van der Waals surface area contributed by atoms with Gasteiger partial charge >= 0.3 is 0 Å². The number of carbonyl (C=O) groups is 1. The standard InChI is InChI=1S/C5H11NO.C5H10O2.C2H6/c1-6-2-4-7-5-3-6;1-5(2,3)7-4-6;1-2/h2-5H2,1H3;4H,1-3H3;1-2H3. The molecule has 0 atom stereocenters. The van der Waals surface area contributed by atoms with E-state index in [0.717, 1.165) is 26.3 Å². The molecule has 1 fully saturated rings. The summed E-state index contributed by atoms with van der Waals surface area (Å²) in [5.74, 6) is 0. The highest BCUT2D eigenvalue weighted by Crippen LogP contribution is 2.02. The van der Waals surface area contributed by atoms with Gasteiger partial charge in [0.25, 0.3) is 6.47 Å². The maximum atomic E-state index is 9.60. The lowest BCUT2D eigenvalue weighted by molar-refractivity contribution is -0.138. The van der Waals surface area contributed by atoms with Crippen LogP contribution in [-0.4, -0.2) is 50.3 Å². The summed E-state index contributed by atoms with van der Waals surface area (Å²) >= 11 is 0. The van der Waals surface area contributed by atoms with E-state index in [1.165, 1.54) is 0 Å². The molecule has 0 aromatic heterocycles. The highest BCUT2D eigenvalue weighted by atomic mass is 16.5. The van der Waals surface area contributed by atoms with Crippen molar-refractivity contribution in [2.24, 2.45) is 0 Å². The van der Waals surface area contributed by atoms with Gasteiger partial charge in [0.1, 0.15) is 5.60 Å². The van der Waals surface area contributed by atoms with Gasteiger partial charge in [-0.3, -0.25) is 4.79 Å². The van der Waals surface area contributed by atoms with E-state index in [0.29, 0.717) is 6.47 Å². The fourth-order valence-electron chi connectivity index (χ4n) is 0.799. The monoisotopic (exact) mass is 233 g/mol. The normalized spacial score (nSPS) is 16.1. The lowest BCUT2D eigenvalue weighted by atomic mass is 10.2. The number of likely N-dealkylation sites (N-methyl/N-ethyl adjacent to an activating group) is 1. The molecule has 0 unspecified atom stereocenters. The summed E-state index contributed by atoms with van der Waals surface area (Å²) in [6.45, 7) is 13.9. The molecule has 0 amide bonds. The van der Waals surface area contributed by atoms with Crippen molar-refractivity contribution in [3.63, 3.8) is 0 Å². The van der Waals surface area contributed by atoms with E-state index in [2.05, 4.69) is 16.7 Å². The van der Waals surface area contributed by atoms with Crippen LogP contribution < -0.4 is 0 Å². The minimum atomic E-state index is -0.318. The summed E-state index contributed by atoms with van der Waals surface area (Å²) in [6, 6.07) is 0. The average Bonchev–Trinajstić information content (AvgIpc) is 2.21. The first kappa shape index (κ1) is 17.8. The lowest BCUT2D eigenvalue weighted by Crippen LogP contribution is -2.32. The summed E-state index contributed by atoms with van der Waals surface area (Å²) in [5.41, 5.74) is -0.318. The van der Waals surface area contributed by atoms with Gasteiger partial charge in [-0.1, -0.05) is 13.8 Å². The van der Waals surface area contributed by atoms with E-state index in [9.17, 15) is 4.79 Å². The molecule has 0 saturated carbocycles. The molecule has 1 heterocycles. The van der Waals surface area contributed by atoms with Crippen LogP contribution >= 0.6 is 0 Å². The Balaban J connectivity index is 0. The van der Waals surface area contributed by atoms with Gasteiger partial charge in [0.05, 0.1) is 13.2 Å². The zero-order valence-electron chi connectivity index (χ0n) is 11.6. The second kappa shape index (κ2) is 10.9. The second-order valence-corrected chi connectivity index (χ2v) is 4.24. The Morgan fingerprint density at radius 1 is 1.19 bits per heavy atom. The zero-order valence-corrected chi connectivity index (χ0v) is 11.6. The predicted octanol–water partition coefficient (Wildman–Crippen LogP) is 1.93. The molecule has 4 heteroatoms. The van der Waals surface area contributed by atoms with Crippen molar-refractivity contribution in [2.45, 2.75) is 40.2 Å². The quantitative estimate of drug-likeness (QED) is 0.649. The van der Waals surface area contributed by atoms with Gasteiger partial charge in [-0.25, -0.2) is 0 Å². The Morgan fingerprint density at radius 3 is 1.75 bits per heavy atom. The Labute approximate surface area is 99.9 Å². The van der Waals surface area contributed by atoms with Crippen LogP contribution in [0.2, 0.25) is 0 Å². The van der Waals surface area contributed by atoms with E-state index < -0.39 is 0 Å². The molecule has 0 aliphatic carbocycles. The third-order valence-corrected chi connectivity index (χ3v) is 1.64. The topological polar surface area (TPSA) is 38.8 Å². The van der Waals surface area contributed by atoms with E-state index in [1.807, 2.05) is 34.6 Å². The Bertz CT molecular complexity index is 149. The van der Waals surface area contributed by atoms with Gasteiger partial charge in [0, 0.05) is 13.1 Å². The van der Waals surface area contributed by atoms with E-state index in [4.69, 9.17) is 4.74 Å². The van der Waals surface area contributed by atoms with E-state index >= 15 is 0 Å². The van der Waals surface area contributed by atoms with Crippen LogP contribution in [0.3, 0.4) is 0 Å². The van der Waals surface area contributed by atoms with Crippen LogP contribution in [0.1, 0.15) is 34.6 Å².